The summed E-state index contributed by atoms with van der Waals surface area (Å²) >= 11 is 0. The first kappa shape index (κ1) is 24.8. The number of hydrogen-bond donors (Lipinski definition) is 4. The van der Waals surface area contributed by atoms with E-state index in [4.69, 9.17) is 16.2 Å². The largest absolute Gasteiger partial charge is 0.480 e. The van der Waals surface area contributed by atoms with E-state index >= 15 is 0 Å². The molecule has 0 aliphatic carbocycles. The first-order chi connectivity index (χ1) is 16.2. The van der Waals surface area contributed by atoms with Gasteiger partial charge in [-0.15, -0.1) is 0 Å². The van der Waals surface area contributed by atoms with Crippen molar-refractivity contribution in [2.45, 2.75) is 32.4 Å². The molecule has 0 saturated carbocycles. The van der Waals surface area contributed by atoms with Crippen molar-refractivity contribution in [1.29, 1.82) is 5.41 Å². The molecule has 34 heavy (non-hydrogen) atoms. The van der Waals surface area contributed by atoms with Crippen LogP contribution in [0.25, 0.3) is 0 Å². The zero-order valence-electron chi connectivity index (χ0n) is 19.6. The van der Waals surface area contributed by atoms with Crippen LogP contribution in [0.15, 0.2) is 42.5 Å². The number of nitrogen functional groups attached to an aromatic ring is 1. The molecule has 5 N–H and O–H groups in total. The molecule has 1 aliphatic rings. The predicted octanol–water partition coefficient (Wildman–Crippen LogP) is 2.58. The van der Waals surface area contributed by atoms with Gasteiger partial charge < -0.3 is 21.1 Å². The second kappa shape index (κ2) is 11.3. The highest BCUT2D eigenvalue weighted by atomic mass is 16.4. The number of likely N-dealkylation sites (N-methyl/N-ethyl adjacent to an activating group) is 1. The molecule has 1 atom stereocenters. The molecule has 1 heterocycles. The molecule has 1 saturated heterocycles. The van der Waals surface area contributed by atoms with E-state index < -0.39 is 5.97 Å². The number of nitrogens with two attached hydrogens (primary N) is 1. The molecule has 2 aromatic rings. The highest BCUT2D eigenvalue weighted by Gasteiger charge is 2.27. The van der Waals surface area contributed by atoms with Crippen LogP contribution in [0.4, 0.5) is 5.69 Å². The van der Waals surface area contributed by atoms with E-state index in [1.807, 2.05) is 29.2 Å². The molecule has 3 rings (SSSR count). The van der Waals surface area contributed by atoms with E-state index in [9.17, 15) is 9.59 Å². The number of likely N-dealkylation sites (tertiary alicyclic amines) is 1. The van der Waals surface area contributed by atoms with Crippen molar-refractivity contribution < 1.29 is 14.7 Å². The van der Waals surface area contributed by atoms with Crippen LogP contribution in [-0.4, -0.2) is 65.3 Å². The second-order valence-electron chi connectivity index (χ2n) is 8.57. The molecule has 1 unspecified atom stereocenters. The molecule has 8 nitrogen and oxygen atoms in total. The number of carboxylic acid groups (broad SMARTS) is 1. The Hall–Kier alpha value is -3.83. The fraction of sp³-hybridized carbons (Fsp3) is 0.346. The normalized spacial score (nSPS) is 15.0. The molecular weight excluding hydrogens is 430 g/mol. The Balaban J connectivity index is 1.75. The van der Waals surface area contributed by atoms with Gasteiger partial charge in [-0.1, -0.05) is 11.8 Å². The van der Waals surface area contributed by atoms with Crippen LogP contribution in [0, 0.1) is 17.3 Å². The van der Waals surface area contributed by atoms with Crippen LogP contribution in [0.5, 0.6) is 0 Å². The first-order valence-corrected chi connectivity index (χ1v) is 11.3. The summed E-state index contributed by atoms with van der Waals surface area (Å²) < 4.78 is 0. The minimum absolute atomic E-state index is 0.0149. The Bertz CT molecular complexity index is 1120. The molecule has 8 heteroatoms. The van der Waals surface area contributed by atoms with E-state index in [1.54, 1.807) is 30.1 Å². The molecule has 178 valence electrons. The molecule has 0 spiro atoms. The molecule has 1 aliphatic heterocycles. The topological polar surface area (TPSA) is 123 Å². The highest BCUT2D eigenvalue weighted by molar-refractivity contribution is 5.96. The Labute approximate surface area is 200 Å². The van der Waals surface area contributed by atoms with Gasteiger partial charge in [0.05, 0.1) is 13.1 Å². The van der Waals surface area contributed by atoms with Gasteiger partial charge in [-0.05, 0) is 74.8 Å². The zero-order chi connectivity index (χ0) is 24.7. The van der Waals surface area contributed by atoms with Gasteiger partial charge in [-0.25, -0.2) is 0 Å². The quantitative estimate of drug-likeness (QED) is 0.272. The number of nitrogens with zero attached hydrogens (tertiary/aromatic N) is 2. The van der Waals surface area contributed by atoms with Crippen LogP contribution in [-0.2, 0) is 11.3 Å². The van der Waals surface area contributed by atoms with Gasteiger partial charge in [0.2, 0.25) is 0 Å². The van der Waals surface area contributed by atoms with Crippen molar-refractivity contribution in [1.82, 2.24) is 9.80 Å². The summed E-state index contributed by atoms with van der Waals surface area (Å²) in [6.45, 7) is 3.44. The molecular formula is C26H31N5O3. The van der Waals surface area contributed by atoms with Crippen molar-refractivity contribution in [2.24, 2.45) is 5.73 Å². The van der Waals surface area contributed by atoms with Gasteiger partial charge in [0.15, 0.2) is 0 Å². The third-order valence-corrected chi connectivity index (χ3v) is 5.80. The van der Waals surface area contributed by atoms with Gasteiger partial charge in [0.25, 0.3) is 5.91 Å². The lowest BCUT2D eigenvalue weighted by molar-refractivity contribution is -0.138. The third-order valence-electron chi connectivity index (χ3n) is 5.80. The fourth-order valence-electron chi connectivity index (χ4n) is 4.04. The maximum Gasteiger partial charge on any atom is 0.317 e. The summed E-state index contributed by atoms with van der Waals surface area (Å²) in [6.07, 6.45) is 1.99. The Morgan fingerprint density at radius 2 is 2.00 bits per heavy atom. The number of carbonyl (C=O) groups is 2. The monoisotopic (exact) mass is 461 g/mol. The molecule has 1 amide bonds. The van der Waals surface area contributed by atoms with Crippen LogP contribution >= 0.6 is 0 Å². The van der Waals surface area contributed by atoms with Crippen LogP contribution in [0.2, 0.25) is 0 Å². The lowest BCUT2D eigenvalue weighted by Gasteiger charge is -2.24. The standard InChI is InChI=1S/C26H31N5O3/c1-18-5-4-14-31(18)26(34)23-12-7-19(15-21(23)16-30(2)17-24(32)33)6-3-13-29-22-10-8-20(9-11-22)25(27)28/h7-12,15,18,29H,4-5,13-14,16-17H2,1-2H3,(H3,27,28)(H,32,33). The number of aliphatic carboxylic acids is 1. The number of hydrogen-bond acceptors (Lipinski definition) is 5. The molecule has 1 fully saturated rings. The SMILES string of the molecule is CC1CCCN1C(=O)c1ccc(C#CCNc2ccc(C(=N)N)cc2)cc1CN(C)CC(=O)O. The van der Waals surface area contributed by atoms with Gasteiger partial charge in [-0.2, -0.15) is 0 Å². The summed E-state index contributed by atoms with van der Waals surface area (Å²) in [5.41, 5.74) is 9.14. The zero-order valence-corrected chi connectivity index (χ0v) is 19.6. The van der Waals surface area contributed by atoms with Gasteiger partial charge in [0, 0.05) is 41.5 Å². The Morgan fingerprint density at radius 3 is 2.62 bits per heavy atom. The maximum absolute atomic E-state index is 13.2. The maximum atomic E-state index is 13.2. The fourth-order valence-corrected chi connectivity index (χ4v) is 4.04. The predicted molar refractivity (Wildman–Crippen MR) is 133 cm³/mol. The van der Waals surface area contributed by atoms with Crippen molar-refractivity contribution in [3.8, 4) is 11.8 Å². The molecule has 0 aromatic heterocycles. The number of nitrogens with one attached hydrogen (secondary N) is 2. The number of benzene rings is 2. The average molecular weight is 462 g/mol. The van der Waals surface area contributed by atoms with Crippen LogP contribution in [0.1, 0.15) is 46.8 Å². The molecule has 2 aromatic carbocycles. The highest BCUT2D eigenvalue weighted by Crippen LogP contribution is 2.23. The van der Waals surface area contributed by atoms with E-state index in [-0.39, 0.29) is 24.3 Å². The van der Waals surface area contributed by atoms with E-state index in [1.165, 1.54) is 0 Å². The number of amidine groups is 1. The van der Waals surface area contributed by atoms with Gasteiger partial charge in [-0.3, -0.25) is 19.9 Å². The molecule has 0 bridgehead atoms. The number of anilines is 1. The number of amides is 1. The lowest BCUT2D eigenvalue weighted by Crippen LogP contribution is -2.35. The number of carboxylic acids is 1. The summed E-state index contributed by atoms with van der Waals surface area (Å²) in [6, 6.07) is 12.9. The van der Waals surface area contributed by atoms with Gasteiger partial charge >= 0.3 is 5.97 Å². The average Bonchev–Trinajstić information content (AvgIpc) is 3.22. The molecule has 0 radical (unpaired) electrons. The summed E-state index contributed by atoms with van der Waals surface area (Å²) in [5, 5.41) is 19.8. The van der Waals surface area contributed by atoms with Crippen molar-refractivity contribution in [3.05, 3.63) is 64.7 Å². The lowest BCUT2D eigenvalue weighted by atomic mass is 10.0. The Morgan fingerprint density at radius 1 is 1.26 bits per heavy atom. The van der Waals surface area contributed by atoms with E-state index in [0.29, 0.717) is 24.2 Å². The Kier molecular flexibility index (Phi) is 8.28. The minimum Gasteiger partial charge on any atom is -0.480 e. The first-order valence-electron chi connectivity index (χ1n) is 11.3. The minimum atomic E-state index is -0.915. The van der Waals surface area contributed by atoms with E-state index in [2.05, 4.69) is 24.1 Å². The van der Waals surface area contributed by atoms with Crippen molar-refractivity contribution in [2.75, 3.05) is 32.0 Å². The summed E-state index contributed by atoms with van der Waals surface area (Å²) in [4.78, 5) is 27.9. The summed E-state index contributed by atoms with van der Waals surface area (Å²) in [7, 11) is 1.72. The van der Waals surface area contributed by atoms with Crippen molar-refractivity contribution in [3.63, 3.8) is 0 Å². The van der Waals surface area contributed by atoms with E-state index in [0.717, 1.165) is 36.2 Å². The van der Waals surface area contributed by atoms with Crippen molar-refractivity contribution >= 4 is 23.4 Å². The van der Waals surface area contributed by atoms with Crippen LogP contribution in [0.3, 0.4) is 0 Å². The number of carbonyl (C=O) groups excluding carboxylic acids is 1. The second-order valence-corrected chi connectivity index (χ2v) is 8.57. The third kappa shape index (κ3) is 6.59. The summed E-state index contributed by atoms with van der Waals surface area (Å²) in [5.74, 6) is 5.29. The van der Waals surface area contributed by atoms with Crippen LogP contribution < -0.4 is 11.1 Å². The smallest absolute Gasteiger partial charge is 0.317 e. The number of rotatable bonds is 8. The van der Waals surface area contributed by atoms with Gasteiger partial charge in [0.1, 0.15) is 5.84 Å².